The molecule has 2 saturated heterocycles. The lowest BCUT2D eigenvalue weighted by molar-refractivity contribution is -0.131. The highest BCUT2D eigenvalue weighted by Crippen LogP contribution is 2.37. The zero-order valence-electron chi connectivity index (χ0n) is 12.7. The van der Waals surface area contributed by atoms with E-state index in [-0.39, 0.29) is 22.9 Å². The van der Waals surface area contributed by atoms with Crippen LogP contribution in [0.4, 0.5) is 4.39 Å². The van der Waals surface area contributed by atoms with E-state index in [4.69, 9.17) is 11.6 Å². The van der Waals surface area contributed by atoms with Gasteiger partial charge in [-0.05, 0) is 12.1 Å². The molecule has 126 valence electrons. The predicted molar refractivity (Wildman–Crippen MR) is 91.1 cm³/mol. The lowest BCUT2D eigenvalue weighted by Gasteiger charge is -2.42. The largest absolute Gasteiger partial charge is 0.353 e. The molecule has 5 nitrogen and oxygen atoms in total. The maximum atomic E-state index is 14.0. The van der Waals surface area contributed by atoms with Crippen LogP contribution in [0.2, 0.25) is 5.02 Å². The third-order valence-electron chi connectivity index (χ3n) is 4.58. The smallest absolute Gasteiger partial charge is 0.265 e. The molecule has 2 fully saturated rings. The van der Waals surface area contributed by atoms with Crippen LogP contribution in [-0.2, 0) is 4.79 Å². The molecule has 2 aliphatic rings. The van der Waals surface area contributed by atoms with Gasteiger partial charge < -0.3 is 10.2 Å². The van der Waals surface area contributed by atoms with Gasteiger partial charge in [-0.3, -0.25) is 14.5 Å². The Morgan fingerprint density at radius 1 is 1.33 bits per heavy atom. The summed E-state index contributed by atoms with van der Waals surface area (Å²) in [5, 5.41) is 3.28. The Labute approximate surface area is 147 Å². The Kier molecular flexibility index (Phi) is 3.94. The van der Waals surface area contributed by atoms with Gasteiger partial charge in [-0.15, -0.1) is 11.3 Å². The minimum Gasteiger partial charge on any atom is -0.353 e. The molecule has 2 aliphatic heterocycles. The molecule has 1 aromatic heterocycles. The number of carbonyl (C=O) groups excluding carboxylic acids is 2. The van der Waals surface area contributed by atoms with Crippen LogP contribution in [-0.4, -0.2) is 60.4 Å². The average molecular weight is 368 g/mol. The third kappa shape index (κ3) is 2.47. The van der Waals surface area contributed by atoms with Crippen molar-refractivity contribution in [1.82, 2.24) is 15.1 Å². The van der Waals surface area contributed by atoms with E-state index in [0.717, 1.165) is 6.54 Å². The van der Waals surface area contributed by atoms with E-state index in [9.17, 15) is 14.0 Å². The fraction of sp³-hybridized carbons (Fsp3) is 0.375. The summed E-state index contributed by atoms with van der Waals surface area (Å²) in [7, 11) is 0. The molecule has 3 heterocycles. The molecule has 2 amide bonds. The quantitative estimate of drug-likeness (QED) is 0.838. The number of carbonyl (C=O) groups is 2. The van der Waals surface area contributed by atoms with Crippen LogP contribution in [0.3, 0.4) is 0 Å². The summed E-state index contributed by atoms with van der Waals surface area (Å²) in [4.78, 5) is 28.9. The second-order valence-electron chi connectivity index (χ2n) is 5.95. The number of piperazine rings is 2. The van der Waals surface area contributed by atoms with Crippen LogP contribution in [0.15, 0.2) is 18.2 Å². The van der Waals surface area contributed by atoms with E-state index in [1.807, 2.05) is 0 Å². The zero-order valence-corrected chi connectivity index (χ0v) is 14.3. The summed E-state index contributed by atoms with van der Waals surface area (Å²) >= 11 is 7.47. The molecule has 0 spiro atoms. The summed E-state index contributed by atoms with van der Waals surface area (Å²) in [5.74, 6) is -0.713. The van der Waals surface area contributed by atoms with E-state index >= 15 is 0 Å². The first-order chi connectivity index (χ1) is 11.6. The number of halogens is 2. The minimum absolute atomic E-state index is 0.0489. The van der Waals surface area contributed by atoms with Gasteiger partial charge in [-0.25, -0.2) is 4.39 Å². The highest BCUT2D eigenvalue weighted by molar-refractivity contribution is 7.21. The van der Waals surface area contributed by atoms with Gasteiger partial charge in [-0.2, -0.15) is 0 Å². The number of fused-ring (bicyclic) bond motifs is 2. The first-order valence-corrected chi connectivity index (χ1v) is 8.93. The summed E-state index contributed by atoms with van der Waals surface area (Å²) in [5.41, 5.74) is 0. The van der Waals surface area contributed by atoms with E-state index < -0.39 is 5.82 Å². The van der Waals surface area contributed by atoms with Crippen molar-refractivity contribution in [3.8, 4) is 0 Å². The van der Waals surface area contributed by atoms with Crippen molar-refractivity contribution in [3.63, 3.8) is 0 Å². The van der Waals surface area contributed by atoms with Gasteiger partial charge >= 0.3 is 0 Å². The second-order valence-corrected chi connectivity index (χ2v) is 7.38. The van der Waals surface area contributed by atoms with Gasteiger partial charge in [0.1, 0.15) is 16.7 Å². The number of thiophene rings is 1. The molecule has 0 radical (unpaired) electrons. The summed E-state index contributed by atoms with van der Waals surface area (Å²) < 4.78 is 14.6. The predicted octanol–water partition coefficient (Wildman–Crippen LogP) is 1.95. The van der Waals surface area contributed by atoms with Crippen molar-refractivity contribution >= 4 is 44.8 Å². The van der Waals surface area contributed by atoms with Crippen molar-refractivity contribution in [2.75, 3.05) is 32.7 Å². The van der Waals surface area contributed by atoms with Gasteiger partial charge in [0.2, 0.25) is 5.91 Å². The topological polar surface area (TPSA) is 52.7 Å². The molecule has 1 unspecified atom stereocenters. The van der Waals surface area contributed by atoms with Crippen LogP contribution in [0, 0.1) is 5.82 Å². The van der Waals surface area contributed by atoms with E-state index in [1.54, 1.807) is 17.0 Å². The van der Waals surface area contributed by atoms with Crippen molar-refractivity contribution in [2.24, 2.45) is 0 Å². The Hall–Kier alpha value is -1.70. The number of hydrogen-bond donors (Lipinski definition) is 1. The highest BCUT2D eigenvalue weighted by atomic mass is 35.5. The zero-order chi connectivity index (χ0) is 16.8. The molecule has 4 rings (SSSR count). The third-order valence-corrected chi connectivity index (χ3v) is 6.21. The number of rotatable bonds is 1. The molecule has 8 heteroatoms. The van der Waals surface area contributed by atoms with E-state index in [1.165, 1.54) is 17.4 Å². The van der Waals surface area contributed by atoms with Gasteiger partial charge in [0.25, 0.3) is 5.91 Å². The normalized spacial score (nSPS) is 21.7. The lowest BCUT2D eigenvalue weighted by atomic mass is 10.1. The van der Waals surface area contributed by atoms with Crippen LogP contribution >= 0.6 is 22.9 Å². The Balaban J connectivity index is 1.63. The van der Waals surface area contributed by atoms with E-state index in [0.29, 0.717) is 41.1 Å². The van der Waals surface area contributed by atoms with Crippen LogP contribution in [0.25, 0.3) is 10.1 Å². The first kappa shape index (κ1) is 15.8. The molecular formula is C16H15ClFN3O2S. The molecule has 1 atom stereocenters. The molecule has 0 bridgehead atoms. The van der Waals surface area contributed by atoms with Gasteiger partial charge in [0.15, 0.2) is 0 Å². The lowest BCUT2D eigenvalue weighted by Crippen LogP contribution is -2.64. The number of nitrogens with zero attached hydrogens (tertiary/aromatic N) is 2. The number of hydrogen-bond acceptors (Lipinski definition) is 4. The first-order valence-electron chi connectivity index (χ1n) is 7.74. The fourth-order valence-electron chi connectivity index (χ4n) is 3.31. The summed E-state index contributed by atoms with van der Waals surface area (Å²) in [6.07, 6.45) is 0. The van der Waals surface area contributed by atoms with Gasteiger partial charge in [-0.1, -0.05) is 17.7 Å². The second kappa shape index (κ2) is 5.98. The standard InChI is InChI=1S/C16H15ClFN3O2S/c17-13-12-9(18)2-1-3-11(12)24-14(13)16(23)21-7-6-20-5-4-19-15(22)10(20)8-21/h1-3,10H,4-8H2,(H,19,22). The number of benzene rings is 1. The van der Waals surface area contributed by atoms with E-state index in [2.05, 4.69) is 10.2 Å². The van der Waals surface area contributed by atoms with Crippen molar-refractivity contribution in [2.45, 2.75) is 6.04 Å². The number of nitrogens with one attached hydrogen (secondary N) is 1. The van der Waals surface area contributed by atoms with Crippen LogP contribution < -0.4 is 5.32 Å². The Morgan fingerprint density at radius 2 is 2.17 bits per heavy atom. The molecule has 24 heavy (non-hydrogen) atoms. The monoisotopic (exact) mass is 367 g/mol. The highest BCUT2D eigenvalue weighted by Gasteiger charge is 2.37. The minimum atomic E-state index is -0.427. The van der Waals surface area contributed by atoms with Crippen LogP contribution in [0.1, 0.15) is 9.67 Å². The maximum absolute atomic E-state index is 14.0. The molecular weight excluding hydrogens is 353 g/mol. The Morgan fingerprint density at radius 3 is 2.96 bits per heavy atom. The van der Waals surface area contributed by atoms with Crippen LogP contribution in [0.5, 0.6) is 0 Å². The molecule has 2 aromatic rings. The molecule has 1 N–H and O–H groups in total. The van der Waals surface area contributed by atoms with Gasteiger partial charge in [0, 0.05) is 42.8 Å². The van der Waals surface area contributed by atoms with Gasteiger partial charge in [0.05, 0.1) is 5.02 Å². The average Bonchev–Trinajstić information content (AvgIpc) is 2.92. The molecule has 0 saturated carbocycles. The number of amides is 2. The Bertz CT molecular complexity index is 840. The van der Waals surface area contributed by atoms with Crippen molar-refractivity contribution in [3.05, 3.63) is 33.9 Å². The molecule has 0 aliphatic carbocycles. The summed E-state index contributed by atoms with van der Waals surface area (Å²) in [6, 6.07) is 4.36. The van der Waals surface area contributed by atoms with Crippen molar-refractivity contribution < 1.29 is 14.0 Å². The fourth-order valence-corrected chi connectivity index (χ4v) is 4.83. The SMILES string of the molecule is O=C1NCCN2CCN(C(=O)c3sc4cccc(F)c4c3Cl)CC12. The maximum Gasteiger partial charge on any atom is 0.265 e. The molecule has 1 aromatic carbocycles. The summed E-state index contributed by atoms with van der Waals surface area (Å²) in [6.45, 7) is 2.96. The van der Waals surface area contributed by atoms with Crippen molar-refractivity contribution in [1.29, 1.82) is 0 Å².